The van der Waals surface area contributed by atoms with Crippen LogP contribution in [0.5, 0.6) is 5.75 Å². The molecule has 0 radical (unpaired) electrons. The largest absolute Gasteiger partial charge is 0.493 e. The second-order valence-electron chi connectivity index (χ2n) is 5.79. The molecule has 0 spiro atoms. The monoisotopic (exact) mass is 250 g/mol. The number of rotatable bonds is 4. The lowest BCUT2D eigenvalue weighted by Gasteiger charge is -2.33. The van der Waals surface area contributed by atoms with Crippen LogP contribution in [0.15, 0.2) is 6.20 Å². The molecule has 2 aliphatic rings. The summed E-state index contributed by atoms with van der Waals surface area (Å²) in [6.07, 6.45) is 7.22. The zero-order chi connectivity index (χ0) is 12.8. The van der Waals surface area contributed by atoms with Crippen molar-refractivity contribution >= 4 is 0 Å². The van der Waals surface area contributed by atoms with E-state index in [2.05, 4.69) is 12.0 Å². The maximum Gasteiger partial charge on any atom is 0.162 e. The fraction of sp³-hybridized carbons (Fsp3) is 0.786. The van der Waals surface area contributed by atoms with E-state index in [4.69, 9.17) is 4.74 Å². The molecule has 1 N–H and O–H groups in total. The van der Waals surface area contributed by atoms with Crippen LogP contribution in [0.25, 0.3) is 0 Å². The van der Waals surface area contributed by atoms with E-state index in [0.29, 0.717) is 11.8 Å². The van der Waals surface area contributed by atoms with Crippen LogP contribution in [0, 0.1) is 11.8 Å². The Bertz CT molecular complexity index is 443. The van der Waals surface area contributed by atoms with Gasteiger partial charge in [-0.3, -0.25) is 4.68 Å². The lowest BCUT2D eigenvalue weighted by molar-refractivity contribution is -0.0279. The molecule has 100 valence electrons. The summed E-state index contributed by atoms with van der Waals surface area (Å²) in [5.74, 6) is 1.83. The maximum atomic E-state index is 11.1. The van der Waals surface area contributed by atoms with Crippen LogP contribution in [-0.2, 0) is 12.1 Å². The molecule has 0 aliphatic heterocycles. The number of ether oxygens (including phenoxy) is 1. The van der Waals surface area contributed by atoms with Gasteiger partial charge >= 0.3 is 0 Å². The third-order valence-electron chi connectivity index (χ3n) is 4.69. The minimum Gasteiger partial charge on any atom is -0.493 e. The van der Waals surface area contributed by atoms with Gasteiger partial charge < -0.3 is 9.84 Å². The Labute approximate surface area is 108 Å². The van der Waals surface area contributed by atoms with Crippen molar-refractivity contribution in [2.75, 3.05) is 7.11 Å². The molecule has 2 aliphatic carbocycles. The van der Waals surface area contributed by atoms with Gasteiger partial charge in [0.1, 0.15) is 11.3 Å². The van der Waals surface area contributed by atoms with Crippen molar-refractivity contribution in [3.05, 3.63) is 11.9 Å². The number of nitrogens with zero attached hydrogens (tertiary/aromatic N) is 2. The molecule has 1 aromatic heterocycles. The Morgan fingerprint density at radius 1 is 1.56 bits per heavy atom. The van der Waals surface area contributed by atoms with Crippen molar-refractivity contribution in [2.45, 2.75) is 51.2 Å². The molecule has 0 aromatic carbocycles. The Morgan fingerprint density at radius 3 is 2.94 bits per heavy atom. The van der Waals surface area contributed by atoms with Crippen molar-refractivity contribution in [3.8, 4) is 5.75 Å². The standard InChI is InChI=1S/C14H22N2O2/c1-3-6-16-13(12(18-2)9-15-16)14(17)8-10-4-5-11(14)7-10/h9-11,17H,3-8H2,1-2H3. The van der Waals surface area contributed by atoms with Crippen molar-refractivity contribution in [2.24, 2.45) is 11.8 Å². The molecule has 0 saturated heterocycles. The fourth-order valence-electron chi connectivity index (χ4n) is 3.93. The topological polar surface area (TPSA) is 47.3 Å². The van der Waals surface area contributed by atoms with Gasteiger partial charge in [-0.15, -0.1) is 0 Å². The molecule has 4 heteroatoms. The van der Waals surface area contributed by atoms with Gasteiger partial charge in [-0.05, 0) is 43.9 Å². The molecule has 18 heavy (non-hydrogen) atoms. The molecule has 2 bridgehead atoms. The van der Waals surface area contributed by atoms with Gasteiger partial charge in [-0.2, -0.15) is 5.10 Å². The number of aromatic nitrogens is 2. The molecule has 3 unspecified atom stereocenters. The highest BCUT2D eigenvalue weighted by molar-refractivity contribution is 5.33. The van der Waals surface area contributed by atoms with Crippen molar-refractivity contribution in [1.82, 2.24) is 9.78 Å². The number of aliphatic hydroxyl groups is 1. The summed E-state index contributed by atoms with van der Waals surface area (Å²) in [6, 6.07) is 0. The Kier molecular flexibility index (Phi) is 2.85. The van der Waals surface area contributed by atoms with E-state index in [9.17, 15) is 5.11 Å². The first-order chi connectivity index (χ1) is 8.69. The second kappa shape index (κ2) is 4.26. The summed E-state index contributed by atoms with van der Waals surface area (Å²) < 4.78 is 7.36. The van der Waals surface area contributed by atoms with Gasteiger partial charge in [-0.25, -0.2) is 0 Å². The van der Waals surface area contributed by atoms with Gasteiger partial charge in [0.2, 0.25) is 0 Å². The van der Waals surface area contributed by atoms with Crippen molar-refractivity contribution in [3.63, 3.8) is 0 Å². The Morgan fingerprint density at radius 2 is 2.39 bits per heavy atom. The summed E-state index contributed by atoms with van der Waals surface area (Å²) in [4.78, 5) is 0. The van der Waals surface area contributed by atoms with Gasteiger partial charge in [-0.1, -0.05) is 6.92 Å². The molecule has 3 rings (SSSR count). The summed E-state index contributed by atoms with van der Waals surface area (Å²) in [5, 5.41) is 15.5. The molecule has 0 amide bonds. The van der Waals surface area contributed by atoms with E-state index in [1.54, 1.807) is 13.3 Å². The summed E-state index contributed by atoms with van der Waals surface area (Å²) >= 11 is 0. The predicted octanol–water partition coefficient (Wildman–Crippen LogP) is 2.31. The highest BCUT2D eigenvalue weighted by Crippen LogP contribution is 2.56. The molecule has 1 heterocycles. The SMILES string of the molecule is CCCn1ncc(OC)c1C1(O)CC2CCC1C2. The number of methoxy groups -OCH3 is 1. The van der Waals surface area contributed by atoms with E-state index in [1.165, 1.54) is 6.42 Å². The summed E-state index contributed by atoms with van der Waals surface area (Å²) in [6.45, 7) is 2.97. The minimum absolute atomic E-state index is 0.392. The molecule has 2 fully saturated rings. The minimum atomic E-state index is -0.708. The Hall–Kier alpha value is -1.03. The average molecular weight is 250 g/mol. The molecule has 4 nitrogen and oxygen atoms in total. The first-order valence-electron chi connectivity index (χ1n) is 7.01. The van der Waals surface area contributed by atoms with Crippen LogP contribution in [0.1, 0.15) is 44.7 Å². The fourth-order valence-corrected chi connectivity index (χ4v) is 3.93. The van der Waals surface area contributed by atoms with Crippen LogP contribution in [0.3, 0.4) is 0 Å². The van der Waals surface area contributed by atoms with Crippen LogP contribution in [0.2, 0.25) is 0 Å². The van der Waals surface area contributed by atoms with Crippen LogP contribution >= 0.6 is 0 Å². The first kappa shape index (κ1) is 12.0. The number of fused-ring (bicyclic) bond motifs is 2. The highest BCUT2D eigenvalue weighted by Gasteiger charge is 2.53. The van der Waals surface area contributed by atoms with E-state index >= 15 is 0 Å². The van der Waals surface area contributed by atoms with E-state index < -0.39 is 5.60 Å². The number of hydrogen-bond acceptors (Lipinski definition) is 3. The van der Waals surface area contributed by atoms with Gasteiger partial charge in [0.05, 0.1) is 13.3 Å². The van der Waals surface area contributed by atoms with E-state index in [1.807, 2.05) is 4.68 Å². The van der Waals surface area contributed by atoms with Crippen molar-refractivity contribution in [1.29, 1.82) is 0 Å². The van der Waals surface area contributed by atoms with Gasteiger partial charge in [0.25, 0.3) is 0 Å². The normalized spacial score (nSPS) is 34.2. The molecule has 1 aromatic rings. The van der Waals surface area contributed by atoms with Crippen molar-refractivity contribution < 1.29 is 9.84 Å². The zero-order valence-electron chi connectivity index (χ0n) is 11.2. The van der Waals surface area contributed by atoms with Crippen LogP contribution in [0.4, 0.5) is 0 Å². The number of hydrogen-bond donors (Lipinski definition) is 1. The first-order valence-corrected chi connectivity index (χ1v) is 7.01. The van der Waals surface area contributed by atoms with Gasteiger partial charge in [0, 0.05) is 6.54 Å². The number of aryl methyl sites for hydroxylation is 1. The molecular formula is C14H22N2O2. The third kappa shape index (κ3) is 1.58. The summed E-state index contributed by atoms with van der Waals surface area (Å²) in [7, 11) is 1.66. The summed E-state index contributed by atoms with van der Waals surface area (Å²) in [5.41, 5.74) is 0.207. The van der Waals surface area contributed by atoms with E-state index in [-0.39, 0.29) is 0 Å². The highest BCUT2D eigenvalue weighted by atomic mass is 16.5. The van der Waals surface area contributed by atoms with Crippen LogP contribution in [-0.4, -0.2) is 22.0 Å². The smallest absolute Gasteiger partial charge is 0.162 e. The molecule has 3 atom stereocenters. The lowest BCUT2D eigenvalue weighted by atomic mass is 9.81. The third-order valence-corrected chi connectivity index (χ3v) is 4.69. The lowest BCUT2D eigenvalue weighted by Crippen LogP contribution is -2.35. The van der Waals surface area contributed by atoms with Gasteiger partial charge in [0.15, 0.2) is 5.75 Å². The average Bonchev–Trinajstić information content (AvgIpc) is 3.02. The molecular weight excluding hydrogens is 228 g/mol. The van der Waals surface area contributed by atoms with E-state index in [0.717, 1.165) is 43.7 Å². The predicted molar refractivity (Wildman–Crippen MR) is 68.4 cm³/mol. The quantitative estimate of drug-likeness (QED) is 0.892. The molecule has 2 saturated carbocycles. The second-order valence-corrected chi connectivity index (χ2v) is 5.79. The maximum absolute atomic E-state index is 11.1. The van der Waals surface area contributed by atoms with Crippen LogP contribution < -0.4 is 4.74 Å². The Balaban J connectivity index is 2.02. The zero-order valence-corrected chi connectivity index (χ0v) is 11.2.